The highest BCUT2D eigenvalue weighted by Gasteiger charge is 2.43. The number of benzene rings is 1. The summed E-state index contributed by atoms with van der Waals surface area (Å²) >= 11 is 0. The van der Waals surface area contributed by atoms with Crippen LogP contribution in [-0.4, -0.2) is 23.9 Å². The minimum Gasteiger partial charge on any atom is -0.369 e. The molecule has 3 nitrogen and oxygen atoms in total. The van der Waals surface area contributed by atoms with Crippen LogP contribution in [0.25, 0.3) is 0 Å². The first kappa shape index (κ1) is 11.7. The van der Waals surface area contributed by atoms with E-state index in [1.165, 1.54) is 24.0 Å². The van der Waals surface area contributed by atoms with E-state index >= 15 is 0 Å². The number of carbonyl (C=O) groups excluding carboxylic acids is 1. The topological polar surface area (TPSA) is 46.3 Å². The number of amides is 1. The fraction of sp³-hybridized carbons (Fsp3) is 0.533. The lowest BCUT2D eigenvalue weighted by atomic mass is 9.81. The van der Waals surface area contributed by atoms with Crippen LogP contribution >= 0.6 is 0 Å². The summed E-state index contributed by atoms with van der Waals surface area (Å²) < 4.78 is 0. The molecule has 1 saturated heterocycles. The van der Waals surface area contributed by atoms with Crippen molar-refractivity contribution in [3.8, 4) is 0 Å². The molecule has 2 fully saturated rings. The van der Waals surface area contributed by atoms with Crippen molar-refractivity contribution in [3.05, 3.63) is 35.4 Å². The number of hydrogen-bond acceptors (Lipinski definition) is 2. The van der Waals surface area contributed by atoms with Crippen LogP contribution in [0.4, 0.5) is 0 Å². The summed E-state index contributed by atoms with van der Waals surface area (Å²) in [6, 6.07) is 8.70. The van der Waals surface area contributed by atoms with Crippen molar-refractivity contribution >= 4 is 5.91 Å². The Hall–Kier alpha value is -1.35. The number of primary amides is 1. The van der Waals surface area contributed by atoms with Gasteiger partial charge in [-0.05, 0) is 36.8 Å². The lowest BCUT2D eigenvalue weighted by Gasteiger charge is -2.46. The highest BCUT2D eigenvalue weighted by molar-refractivity contribution is 5.82. The molecular weight excluding hydrogens is 224 g/mol. The Labute approximate surface area is 108 Å². The van der Waals surface area contributed by atoms with Gasteiger partial charge in [-0.3, -0.25) is 9.69 Å². The van der Waals surface area contributed by atoms with Crippen molar-refractivity contribution in [1.82, 2.24) is 4.90 Å². The van der Waals surface area contributed by atoms with Crippen LogP contribution in [0.15, 0.2) is 24.3 Å². The molecule has 3 rings (SSSR count). The standard InChI is InChI=1S/C15H20N2O/c1-15(14(16)18)9-17(10-15)8-12-4-2-3-5-13(12)11-6-7-11/h2-5,11H,6-10H2,1H3,(H2,16,18). The molecule has 0 aromatic heterocycles. The van der Waals surface area contributed by atoms with Gasteiger partial charge in [-0.15, -0.1) is 0 Å². The Morgan fingerprint density at radius 2 is 2.06 bits per heavy atom. The Kier molecular flexibility index (Phi) is 2.67. The van der Waals surface area contributed by atoms with Gasteiger partial charge in [-0.25, -0.2) is 0 Å². The number of nitrogens with two attached hydrogens (primary N) is 1. The summed E-state index contributed by atoms with van der Waals surface area (Å²) in [6.45, 7) is 4.50. The number of rotatable bonds is 4. The van der Waals surface area contributed by atoms with Crippen molar-refractivity contribution < 1.29 is 4.79 Å². The third kappa shape index (κ3) is 2.03. The van der Waals surface area contributed by atoms with Gasteiger partial charge in [0.15, 0.2) is 0 Å². The van der Waals surface area contributed by atoms with Gasteiger partial charge < -0.3 is 5.73 Å². The maximum Gasteiger partial charge on any atom is 0.225 e. The SMILES string of the molecule is CC1(C(N)=O)CN(Cc2ccccc2C2CC2)C1. The number of nitrogens with zero attached hydrogens (tertiary/aromatic N) is 1. The van der Waals surface area contributed by atoms with Gasteiger partial charge in [0.1, 0.15) is 0 Å². The zero-order valence-electron chi connectivity index (χ0n) is 10.9. The number of hydrogen-bond donors (Lipinski definition) is 1. The van der Waals surface area contributed by atoms with E-state index in [9.17, 15) is 4.79 Å². The van der Waals surface area contributed by atoms with Crippen molar-refractivity contribution in [2.75, 3.05) is 13.1 Å². The van der Waals surface area contributed by atoms with E-state index in [1.807, 2.05) is 6.92 Å². The van der Waals surface area contributed by atoms with Gasteiger partial charge in [0.25, 0.3) is 0 Å². The second-order valence-corrected chi connectivity index (χ2v) is 6.04. The van der Waals surface area contributed by atoms with Crippen LogP contribution in [-0.2, 0) is 11.3 Å². The molecule has 3 heteroatoms. The minimum atomic E-state index is -0.311. The maximum atomic E-state index is 11.3. The van der Waals surface area contributed by atoms with E-state index in [-0.39, 0.29) is 11.3 Å². The van der Waals surface area contributed by atoms with Gasteiger partial charge in [-0.1, -0.05) is 24.3 Å². The van der Waals surface area contributed by atoms with E-state index in [0.29, 0.717) is 0 Å². The van der Waals surface area contributed by atoms with Crippen molar-refractivity contribution in [3.63, 3.8) is 0 Å². The Bertz CT molecular complexity index is 473. The quantitative estimate of drug-likeness (QED) is 0.879. The molecule has 1 aromatic carbocycles. The smallest absolute Gasteiger partial charge is 0.225 e. The summed E-state index contributed by atoms with van der Waals surface area (Å²) in [4.78, 5) is 13.6. The first-order valence-corrected chi connectivity index (χ1v) is 6.68. The number of likely N-dealkylation sites (tertiary alicyclic amines) is 1. The highest BCUT2D eigenvalue weighted by Crippen LogP contribution is 2.42. The zero-order chi connectivity index (χ0) is 12.8. The molecule has 1 heterocycles. The molecule has 18 heavy (non-hydrogen) atoms. The summed E-state index contributed by atoms with van der Waals surface area (Å²) in [5.74, 6) is 0.610. The molecule has 1 aliphatic carbocycles. The van der Waals surface area contributed by atoms with E-state index in [1.54, 1.807) is 0 Å². The monoisotopic (exact) mass is 244 g/mol. The van der Waals surface area contributed by atoms with Crippen LogP contribution in [0.1, 0.15) is 36.8 Å². The Morgan fingerprint density at radius 1 is 1.39 bits per heavy atom. The lowest BCUT2D eigenvalue weighted by molar-refractivity contribution is -0.136. The molecule has 96 valence electrons. The fourth-order valence-corrected chi connectivity index (χ4v) is 2.92. The number of carbonyl (C=O) groups is 1. The van der Waals surface area contributed by atoms with E-state index in [2.05, 4.69) is 29.2 Å². The maximum absolute atomic E-state index is 11.3. The van der Waals surface area contributed by atoms with Crippen LogP contribution in [0.5, 0.6) is 0 Å². The predicted octanol–water partition coefficient (Wildman–Crippen LogP) is 1.87. The molecule has 2 N–H and O–H groups in total. The second-order valence-electron chi connectivity index (χ2n) is 6.04. The van der Waals surface area contributed by atoms with Crippen LogP contribution in [0, 0.1) is 5.41 Å². The van der Waals surface area contributed by atoms with Crippen LogP contribution in [0.3, 0.4) is 0 Å². The van der Waals surface area contributed by atoms with Crippen molar-refractivity contribution in [2.45, 2.75) is 32.2 Å². The second kappa shape index (κ2) is 4.09. The van der Waals surface area contributed by atoms with Gasteiger partial charge in [-0.2, -0.15) is 0 Å². The third-order valence-electron chi connectivity index (χ3n) is 4.21. The first-order chi connectivity index (χ1) is 8.58. The molecule has 2 aliphatic rings. The van der Waals surface area contributed by atoms with Crippen LogP contribution in [0.2, 0.25) is 0 Å². The summed E-state index contributed by atoms with van der Waals surface area (Å²) in [6.07, 6.45) is 2.66. The van der Waals surface area contributed by atoms with Crippen molar-refractivity contribution in [2.24, 2.45) is 11.1 Å². The molecule has 1 aromatic rings. The molecule has 1 aliphatic heterocycles. The van der Waals surface area contributed by atoms with E-state index in [0.717, 1.165) is 25.6 Å². The van der Waals surface area contributed by atoms with E-state index < -0.39 is 0 Å². The molecular formula is C15H20N2O. The predicted molar refractivity (Wildman–Crippen MR) is 71.0 cm³/mol. The molecule has 0 atom stereocenters. The van der Waals surface area contributed by atoms with Gasteiger partial charge in [0, 0.05) is 19.6 Å². The summed E-state index contributed by atoms with van der Waals surface area (Å²) in [5.41, 5.74) is 8.03. The zero-order valence-corrected chi connectivity index (χ0v) is 10.9. The average molecular weight is 244 g/mol. The summed E-state index contributed by atoms with van der Waals surface area (Å²) in [5, 5.41) is 0. The highest BCUT2D eigenvalue weighted by atomic mass is 16.1. The Morgan fingerprint density at radius 3 is 2.67 bits per heavy atom. The minimum absolute atomic E-state index is 0.172. The van der Waals surface area contributed by atoms with Crippen LogP contribution < -0.4 is 5.73 Å². The van der Waals surface area contributed by atoms with Crippen molar-refractivity contribution in [1.29, 1.82) is 0 Å². The van der Waals surface area contributed by atoms with Gasteiger partial charge in [0.2, 0.25) is 5.91 Å². The fourth-order valence-electron chi connectivity index (χ4n) is 2.92. The largest absolute Gasteiger partial charge is 0.369 e. The summed E-state index contributed by atoms with van der Waals surface area (Å²) in [7, 11) is 0. The molecule has 1 amide bonds. The molecule has 0 spiro atoms. The molecule has 0 radical (unpaired) electrons. The van der Waals surface area contributed by atoms with E-state index in [4.69, 9.17) is 5.73 Å². The molecule has 0 unspecified atom stereocenters. The molecule has 1 saturated carbocycles. The Balaban J connectivity index is 1.66. The van der Waals surface area contributed by atoms with Gasteiger partial charge >= 0.3 is 0 Å². The third-order valence-corrected chi connectivity index (χ3v) is 4.21. The molecule has 0 bridgehead atoms. The average Bonchev–Trinajstić information content (AvgIpc) is 3.11. The van der Waals surface area contributed by atoms with Gasteiger partial charge in [0.05, 0.1) is 5.41 Å². The lowest BCUT2D eigenvalue weighted by Crippen LogP contribution is -2.60. The first-order valence-electron chi connectivity index (χ1n) is 6.68. The normalized spacial score (nSPS) is 22.5.